The highest BCUT2D eigenvalue weighted by atomic mass is 14.7. The first kappa shape index (κ1) is 11.0. The Morgan fingerprint density at radius 3 is 2.95 bits per heavy atom. The first-order valence-electron chi connectivity index (χ1n) is 7.12. The second-order valence-corrected chi connectivity index (χ2v) is 6.09. The number of anilines is 1. The fraction of sp³-hybridized carbons (Fsp3) is 0.353. The van der Waals surface area contributed by atoms with Crippen LogP contribution in [0.5, 0.6) is 0 Å². The van der Waals surface area contributed by atoms with Crippen LogP contribution in [0.4, 0.5) is 5.69 Å². The number of fused-ring (bicyclic) bond motifs is 5. The Balaban J connectivity index is 1.98. The Labute approximate surface area is 113 Å². The number of nitrogens with two attached hydrogens (primary N) is 1. The quantitative estimate of drug-likeness (QED) is 0.717. The van der Waals surface area contributed by atoms with E-state index in [1.54, 1.807) is 0 Å². The summed E-state index contributed by atoms with van der Waals surface area (Å²) in [5, 5.41) is 1.17. The van der Waals surface area contributed by atoms with Gasteiger partial charge in [-0.25, -0.2) is 4.98 Å². The topological polar surface area (TPSA) is 40.2 Å². The minimum atomic E-state index is 0.611. The summed E-state index contributed by atoms with van der Waals surface area (Å²) < 4.78 is 0. The average Bonchev–Trinajstić information content (AvgIpc) is 2.37. The van der Waals surface area contributed by atoms with Gasteiger partial charge in [-0.2, -0.15) is 0 Å². The van der Waals surface area contributed by atoms with Crippen molar-refractivity contribution in [3.05, 3.63) is 47.2 Å². The molecule has 2 bridgehead atoms. The van der Waals surface area contributed by atoms with Gasteiger partial charge >= 0.3 is 0 Å². The minimum absolute atomic E-state index is 0.611. The van der Waals surface area contributed by atoms with Crippen LogP contribution >= 0.6 is 0 Å². The number of hydrogen-bond acceptors (Lipinski definition) is 1. The number of nitrogens with one attached hydrogen (secondary N) is 1. The number of aromatic amines is 1. The summed E-state index contributed by atoms with van der Waals surface area (Å²) in [5.41, 5.74) is 12.9. The minimum Gasteiger partial charge on any atom is -0.398 e. The zero-order valence-corrected chi connectivity index (χ0v) is 11.2. The van der Waals surface area contributed by atoms with Crippen molar-refractivity contribution < 1.29 is 4.98 Å². The van der Waals surface area contributed by atoms with Crippen LogP contribution in [-0.2, 0) is 6.42 Å². The molecule has 1 aromatic heterocycles. The van der Waals surface area contributed by atoms with Crippen LogP contribution in [0.15, 0.2) is 35.9 Å². The maximum Gasteiger partial charge on any atom is 0.213 e. The Kier molecular flexibility index (Phi) is 2.22. The molecule has 0 amide bonds. The van der Waals surface area contributed by atoms with E-state index >= 15 is 0 Å². The van der Waals surface area contributed by atoms with Crippen LogP contribution in [0.3, 0.4) is 0 Å². The molecule has 3 N–H and O–H groups in total. The smallest absolute Gasteiger partial charge is 0.213 e. The maximum atomic E-state index is 6.48. The number of pyridine rings is 1. The predicted octanol–water partition coefficient (Wildman–Crippen LogP) is 3.23. The first-order chi connectivity index (χ1) is 9.22. The largest absolute Gasteiger partial charge is 0.398 e. The number of hydrogen-bond donors (Lipinski definition) is 1. The van der Waals surface area contributed by atoms with E-state index in [0.717, 1.165) is 12.1 Å². The number of nitrogen functional groups attached to an aromatic ring is 1. The SMILES string of the molecule is CC1=C[C@@H]2Cc3[nH+]c4ccccc4c(N)c3[C@H](C1)C2. The van der Waals surface area contributed by atoms with Gasteiger partial charge in [-0.05, 0) is 37.7 Å². The van der Waals surface area contributed by atoms with E-state index in [1.165, 1.54) is 40.6 Å². The summed E-state index contributed by atoms with van der Waals surface area (Å²) in [6, 6.07) is 8.38. The van der Waals surface area contributed by atoms with Gasteiger partial charge in [-0.3, -0.25) is 0 Å². The molecular formula is C17H19N2+. The normalized spacial score (nSPS) is 25.0. The van der Waals surface area contributed by atoms with E-state index < -0.39 is 0 Å². The molecule has 2 atom stereocenters. The molecule has 2 aromatic rings. The standard InChI is InChI=1S/C17H18N2/c1-10-6-11-8-12(7-10)16-15(9-11)19-14-5-3-2-4-13(14)17(16)18/h2-6,11-12H,7-9H2,1H3,(H2,18,19)/p+1/t11-,12+/m0/s1. The molecule has 0 radical (unpaired) electrons. The highest BCUT2D eigenvalue weighted by Crippen LogP contribution is 2.45. The van der Waals surface area contributed by atoms with E-state index in [4.69, 9.17) is 5.73 Å². The number of allylic oxidation sites excluding steroid dienone is 2. The Morgan fingerprint density at radius 2 is 2.05 bits per heavy atom. The Morgan fingerprint density at radius 1 is 1.21 bits per heavy atom. The molecule has 2 heteroatoms. The van der Waals surface area contributed by atoms with E-state index in [1.807, 2.05) is 0 Å². The molecule has 0 saturated carbocycles. The zero-order valence-electron chi connectivity index (χ0n) is 11.2. The molecule has 0 unspecified atom stereocenters. The van der Waals surface area contributed by atoms with Crippen molar-refractivity contribution in [3.63, 3.8) is 0 Å². The molecule has 96 valence electrons. The van der Waals surface area contributed by atoms with Crippen molar-refractivity contribution in [1.82, 2.24) is 0 Å². The lowest BCUT2D eigenvalue weighted by molar-refractivity contribution is -0.360. The molecule has 0 spiro atoms. The predicted molar refractivity (Wildman–Crippen MR) is 77.8 cm³/mol. The summed E-state index contributed by atoms with van der Waals surface area (Å²) in [4.78, 5) is 3.62. The third-order valence-electron chi connectivity index (χ3n) is 4.67. The highest BCUT2D eigenvalue weighted by molar-refractivity contribution is 5.90. The van der Waals surface area contributed by atoms with Gasteiger partial charge in [0.15, 0.2) is 5.69 Å². The molecule has 4 rings (SSSR count). The van der Waals surface area contributed by atoms with Crippen molar-refractivity contribution in [2.45, 2.75) is 32.1 Å². The molecule has 2 aliphatic rings. The summed E-state index contributed by atoms with van der Waals surface area (Å²) >= 11 is 0. The lowest BCUT2D eigenvalue weighted by Gasteiger charge is -2.33. The average molecular weight is 251 g/mol. The van der Waals surface area contributed by atoms with E-state index in [0.29, 0.717) is 11.8 Å². The van der Waals surface area contributed by atoms with Crippen molar-refractivity contribution in [2.75, 3.05) is 5.73 Å². The lowest BCUT2D eigenvalue weighted by Crippen LogP contribution is -2.29. The lowest BCUT2D eigenvalue weighted by atomic mass is 9.71. The fourth-order valence-corrected chi connectivity index (χ4v) is 3.99. The van der Waals surface area contributed by atoms with Gasteiger partial charge in [-0.1, -0.05) is 23.8 Å². The molecule has 2 aliphatic carbocycles. The van der Waals surface area contributed by atoms with Gasteiger partial charge in [0.2, 0.25) is 5.52 Å². The van der Waals surface area contributed by atoms with Crippen molar-refractivity contribution in [2.24, 2.45) is 5.92 Å². The van der Waals surface area contributed by atoms with Crippen molar-refractivity contribution in [1.29, 1.82) is 0 Å². The van der Waals surface area contributed by atoms with Crippen LogP contribution < -0.4 is 10.7 Å². The summed E-state index contributed by atoms with van der Waals surface area (Å²) in [6.45, 7) is 2.26. The second kappa shape index (κ2) is 3.83. The number of para-hydroxylation sites is 1. The molecule has 1 aromatic carbocycles. The summed E-state index contributed by atoms with van der Waals surface area (Å²) in [7, 11) is 0. The first-order valence-corrected chi connectivity index (χ1v) is 7.12. The van der Waals surface area contributed by atoms with Gasteiger partial charge < -0.3 is 5.73 Å². The highest BCUT2D eigenvalue weighted by Gasteiger charge is 2.35. The van der Waals surface area contributed by atoms with Gasteiger partial charge in [0, 0.05) is 18.1 Å². The summed E-state index contributed by atoms with van der Waals surface area (Å²) in [6.07, 6.45) is 6.00. The maximum absolute atomic E-state index is 6.48. The Hall–Kier alpha value is -1.83. The molecular weight excluding hydrogens is 232 g/mol. The van der Waals surface area contributed by atoms with Crippen LogP contribution in [0.2, 0.25) is 0 Å². The molecule has 19 heavy (non-hydrogen) atoms. The van der Waals surface area contributed by atoms with Crippen LogP contribution in [0, 0.1) is 5.92 Å². The third-order valence-corrected chi connectivity index (χ3v) is 4.67. The van der Waals surface area contributed by atoms with E-state index in [-0.39, 0.29) is 0 Å². The number of benzene rings is 1. The number of rotatable bonds is 0. The van der Waals surface area contributed by atoms with Gasteiger partial charge in [0.1, 0.15) is 0 Å². The van der Waals surface area contributed by atoms with E-state index in [2.05, 4.69) is 42.2 Å². The van der Waals surface area contributed by atoms with Crippen LogP contribution in [-0.4, -0.2) is 0 Å². The number of H-pyrrole nitrogens is 1. The molecule has 0 fully saturated rings. The van der Waals surface area contributed by atoms with Crippen molar-refractivity contribution >= 4 is 16.6 Å². The zero-order chi connectivity index (χ0) is 13.0. The van der Waals surface area contributed by atoms with Crippen molar-refractivity contribution in [3.8, 4) is 0 Å². The Bertz CT molecular complexity index is 700. The van der Waals surface area contributed by atoms with Gasteiger partial charge in [0.05, 0.1) is 11.1 Å². The second-order valence-electron chi connectivity index (χ2n) is 6.09. The molecule has 0 aliphatic heterocycles. The van der Waals surface area contributed by atoms with E-state index in [9.17, 15) is 0 Å². The third kappa shape index (κ3) is 1.59. The van der Waals surface area contributed by atoms with Crippen LogP contribution in [0.25, 0.3) is 10.9 Å². The molecule has 0 saturated heterocycles. The van der Waals surface area contributed by atoms with Crippen LogP contribution in [0.1, 0.15) is 36.9 Å². The van der Waals surface area contributed by atoms with Gasteiger partial charge in [0.25, 0.3) is 0 Å². The molecule has 2 nitrogen and oxygen atoms in total. The fourth-order valence-electron chi connectivity index (χ4n) is 3.99. The number of aromatic nitrogens is 1. The molecule has 1 heterocycles. The van der Waals surface area contributed by atoms with Gasteiger partial charge in [-0.15, -0.1) is 0 Å². The monoisotopic (exact) mass is 251 g/mol. The summed E-state index contributed by atoms with van der Waals surface area (Å²) in [5.74, 6) is 1.31.